The maximum Gasteiger partial charge on any atom is 0.296 e. The zero-order valence-corrected chi connectivity index (χ0v) is 18.3. The molecule has 0 aliphatic rings. The van der Waals surface area contributed by atoms with Gasteiger partial charge in [-0.3, -0.25) is 4.84 Å². The molecule has 0 fully saturated rings. The molecule has 0 bridgehead atoms. The van der Waals surface area contributed by atoms with Gasteiger partial charge >= 0.3 is 0 Å². The number of hydrogen-bond acceptors (Lipinski definition) is 6. The van der Waals surface area contributed by atoms with E-state index in [1.54, 1.807) is 36.4 Å². The highest BCUT2D eigenvalue weighted by Crippen LogP contribution is 2.36. The lowest BCUT2D eigenvalue weighted by Gasteiger charge is -2.27. The first-order chi connectivity index (χ1) is 14.9. The largest absolute Gasteiger partial charge is 0.494 e. The molecule has 31 heavy (non-hydrogen) atoms. The fourth-order valence-corrected chi connectivity index (χ4v) is 3.46. The first-order valence-electron chi connectivity index (χ1n) is 9.17. The Morgan fingerprint density at radius 3 is 2.45 bits per heavy atom. The fourth-order valence-electron chi connectivity index (χ4n) is 2.82. The van der Waals surface area contributed by atoms with Gasteiger partial charge in [0.15, 0.2) is 0 Å². The lowest BCUT2D eigenvalue weighted by atomic mass is 10.1. The van der Waals surface area contributed by atoms with Crippen molar-refractivity contribution < 1.29 is 19.4 Å². The van der Waals surface area contributed by atoms with Gasteiger partial charge in [-0.1, -0.05) is 40.9 Å². The van der Waals surface area contributed by atoms with Crippen molar-refractivity contribution in [3.8, 4) is 5.75 Å². The quantitative estimate of drug-likeness (QED) is 0.194. The molecule has 1 aromatic heterocycles. The molecule has 0 aliphatic carbocycles. The van der Waals surface area contributed by atoms with Crippen molar-refractivity contribution in [2.24, 2.45) is 0 Å². The molecule has 3 aromatic rings. The molecule has 0 N–H and O–H groups in total. The van der Waals surface area contributed by atoms with Gasteiger partial charge in [-0.25, -0.2) is 4.98 Å². The van der Waals surface area contributed by atoms with E-state index in [-0.39, 0.29) is 6.61 Å². The zero-order valence-electron chi connectivity index (χ0n) is 16.1. The van der Waals surface area contributed by atoms with Crippen LogP contribution < -0.4 is 4.74 Å². The van der Waals surface area contributed by atoms with E-state index >= 15 is 0 Å². The molecule has 11 heteroatoms. The average Bonchev–Trinajstić information content (AvgIpc) is 3.26. The molecule has 0 radical (unpaired) electrons. The predicted octanol–water partition coefficient (Wildman–Crippen LogP) is 5.78. The lowest BCUT2D eigenvalue weighted by Crippen LogP contribution is -2.25. The highest BCUT2D eigenvalue weighted by atomic mass is 35.5. The second-order valence-corrected chi connectivity index (χ2v) is 7.62. The molecular formula is C20H18Cl3N3O5. The molecule has 0 amide bonds. The summed E-state index contributed by atoms with van der Waals surface area (Å²) in [6.07, 6.45) is 2.89. The van der Waals surface area contributed by atoms with Crippen LogP contribution in [0.25, 0.3) is 0 Å². The molecule has 0 saturated carbocycles. The van der Waals surface area contributed by atoms with E-state index in [1.165, 1.54) is 29.4 Å². The van der Waals surface area contributed by atoms with Crippen molar-refractivity contribution in [2.75, 3.05) is 13.2 Å². The van der Waals surface area contributed by atoms with Gasteiger partial charge in [-0.15, -0.1) is 10.1 Å². The SMILES string of the molecule is O=[N+]([O-])OC(C(OCCCOc1ccc(Cl)cc1)c1ccc(Cl)cc1Cl)n1ccnc1. The summed E-state index contributed by atoms with van der Waals surface area (Å²) < 4.78 is 13.1. The number of halogens is 3. The Kier molecular flexibility index (Phi) is 8.36. The summed E-state index contributed by atoms with van der Waals surface area (Å²) in [6.45, 7) is 0.595. The van der Waals surface area contributed by atoms with Gasteiger partial charge in [0.05, 0.1) is 19.5 Å². The van der Waals surface area contributed by atoms with E-state index in [4.69, 9.17) is 49.1 Å². The number of nitrogens with zero attached hydrogens (tertiary/aromatic N) is 3. The van der Waals surface area contributed by atoms with Crippen LogP contribution in [-0.4, -0.2) is 27.9 Å². The molecule has 1 heterocycles. The molecule has 3 rings (SSSR count). The molecule has 164 valence electrons. The Labute approximate surface area is 193 Å². The average molecular weight is 487 g/mol. The van der Waals surface area contributed by atoms with Gasteiger partial charge in [0.1, 0.15) is 11.9 Å². The molecule has 2 atom stereocenters. The minimum absolute atomic E-state index is 0.226. The minimum Gasteiger partial charge on any atom is -0.494 e. The van der Waals surface area contributed by atoms with Crippen molar-refractivity contribution in [2.45, 2.75) is 18.8 Å². The highest BCUT2D eigenvalue weighted by molar-refractivity contribution is 6.35. The molecule has 0 aliphatic heterocycles. The smallest absolute Gasteiger partial charge is 0.296 e. The number of benzene rings is 2. The Morgan fingerprint density at radius 1 is 1.06 bits per heavy atom. The van der Waals surface area contributed by atoms with Crippen molar-refractivity contribution in [1.29, 1.82) is 0 Å². The number of ether oxygens (including phenoxy) is 2. The van der Waals surface area contributed by atoms with Crippen LogP contribution in [0.3, 0.4) is 0 Å². The minimum atomic E-state index is -1.15. The first kappa shape index (κ1) is 23.1. The maximum absolute atomic E-state index is 11.1. The van der Waals surface area contributed by atoms with Gasteiger partial charge in [-0.2, -0.15) is 0 Å². The summed E-state index contributed by atoms with van der Waals surface area (Å²) in [6, 6.07) is 11.8. The third-order valence-electron chi connectivity index (χ3n) is 4.21. The Hall–Kier alpha value is -2.52. The summed E-state index contributed by atoms with van der Waals surface area (Å²) in [5.41, 5.74) is 0.491. The van der Waals surface area contributed by atoms with Crippen molar-refractivity contribution in [3.05, 3.63) is 91.9 Å². The van der Waals surface area contributed by atoms with Crippen LogP contribution in [0.4, 0.5) is 0 Å². The summed E-state index contributed by atoms with van der Waals surface area (Å²) in [7, 11) is 0. The first-order valence-corrected chi connectivity index (χ1v) is 10.3. The van der Waals surface area contributed by atoms with Crippen LogP contribution in [0.5, 0.6) is 5.75 Å². The second-order valence-electron chi connectivity index (χ2n) is 6.34. The van der Waals surface area contributed by atoms with Crippen molar-refractivity contribution in [3.63, 3.8) is 0 Å². The third kappa shape index (κ3) is 6.73. The van der Waals surface area contributed by atoms with Gasteiger partial charge in [0.25, 0.3) is 5.09 Å². The molecule has 0 spiro atoms. The van der Waals surface area contributed by atoms with E-state index in [0.717, 1.165) is 0 Å². The van der Waals surface area contributed by atoms with Gasteiger partial charge in [0.2, 0.25) is 6.23 Å². The number of rotatable bonds is 11. The predicted molar refractivity (Wildman–Crippen MR) is 116 cm³/mol. The normalized spacial score (nSPS) is 12.9. The summed E-state index contributed by atoms with van der Waals surface area (Å²) in [4.78, 5) is 20.0. The Bertz CT molecular complexity index is 986. The number of hydrogen-bond donors (Lipinski definition) is 0. The van der Waals surface area contributed by atoms with Gasteiger partial charge in [-0.05, 0) is 36.4 Å². The van der Waals surface area contributed by atoms with Crippen LogP contribution in [0.15, 0.2) is 61.2 Å². The van der Waals surface area contributed by atoms with E-state index in [2.05, 4.69) is 4.98 Å². The Balaban J connectivity index is 1.72. The molecule has 0 saturated heterocycles. The van der Waals surface area contributed by atoms with Crippen molar-refractivity contribution in [1.82, 2.24) is 9.55 Å². The van der Waals surface area contributed by atoms with Gasteiger partial charge < -0.3 is 14.0 Å². The topological polar surface area (TPSA) is 88.7 Å². The molecule has 2 unspecified atom stereocenters. The van der Waals surface area contributed by atoms with Crippen LogP contribution in [-0.2, 0) is 9.57 Å². The second kappa shape index (κ2) is 11.2. The lowest BCUT2D eigenvalue weighted by molar-refractivity contribution is -0.778. The maximum atomic E-state index is 11.1. The standard InChI is InChI=1S/C20H18Cl3N3O5/c21-14-2-5-16(6-3-14)29-10-1-11-30-19(17-7-4-15(22)12-18(17)23)20(31-26(27)28)25-9-8-24-13-25/h2-9,12-13,19-20H,1,10-11H2. The van der Waals surface area contributed by atoms with E-state index in [9.17, 15) is 10.1 Å². The molecular weight excluding hydrogens is 469 g/mol. The van der Waals surface area contributed by atoms with Crippen LogP contribution in [0.1, 0.15) is 24.3 Å². The fraction of sp³-hybridized carbons (Fsp3) is 0.250. The summed E-state index contributed by atoms with van der Waals surface area (Å²) in [5.74, 6) is 0.676. The zero-order chi connectivity index (χ0) is 22.2. The van der Waals surface area contributed by atoms with Crippen LogP contribution in [0, 0.1) is 10.1 Å². The third-order valence-corrected chi connectivity index (χ3v) is 5.02. The van der Waals surface area contributed by atoms with E-state index in [0.29, 0.717) is 39.4 Å². The number of aromatic nitrogens is 2. The number of imidazole rings is 1. The van der Waals surface area contributed by atoms with Gasteiger partial charge in [0, 0.05) is 39.4 Å². The monoisotopic (exact) mass is 485 g/mol. The molecule has 8 nitrogen and oxygen atoms in total. The Morgan fingerprint density at radius 2 is 1.81 bits per heavy atom. The summed E-state index contributed by atoms with van der Waals surface area (Å²) in [5, 5.41) is 11.6. The van der Waals surface area contributed by atoms with Crippen LogP contribution in [0.2, 0.25) is 15.1 Å². The highest BCUT2D eigenvalue weighted by Gasteiger charge is 2.30. The van der Waals surface area contributed by atoms with E-state index < -0.39 is 17.4 Å². The molecule has 2 aromatic carbocycles. The van der Waals surface area contributed by atoms with E-state index in [1.807, 2.05) is 0 Å². The van der Waals surface area contributed by atoms with Crippen LogP contribution >= 0.6 is 34.8 Å². The summed E-state index contributed by atoms with van der Waals surface area (Å²) >= 11 is 18.2. The van der Waals surface area contributed by atoms with Crippen molar-refractivity contribution >= 4 is 34.8 Å².